The predicted molar refractivity (Wildman–Crippen MR) is 89.7 cm³/mol. The highest BCUT2D eigenvalue weighted by Gasteiger charge is 2.42. The summed E-state index contributed by atoms with van der Waals surface area (Å²) in [6.07, 6.45) is -3.53. The van der Waals surface area contributed by atoms with Crippen molar-refractivity contribution in [1.29, 1.82) is 0 Å². The second-order valence-electron chi connectivity index (χ2n) is 3.79. The number of hydrogen-bond donors (Lipinski definition) is 1. The number of alkyl halides is 6. The molecular weight excluding hydrogens is 448 g/mol. The van der Waals surface area contributed by atoms with Crippen LogP contribution < -0.4 is 0 Å². The second-order valence-corrected chi connectivity index (χ2v) is 10.2. The van der Waals surface area contributed by atoms with E-state index in [1.54, 1.807) is 6.07 Å². The minimum Gasteiger partial charge on any atom is -0.365 e. The zero-order valence-corrected chi connectivity index (χ0v) is 15.9. The number of hydrogen-bond acceptors (Lipinski definition) is 4. The summed E-state index contributed by atoms with van der Waals surface area (Å²) in [5.74, 6) is -0.389. The molecule has 0 spiro atoms. The number of Topliss-reactive ketones (excluding diaryl/α,β-unsaturated/α-hetero) is 1. The van der Waals surface area contributed by atoms with E-state index in [2.05, 4.69) is 0 Å². The highest BCUT2D eigenvalue weighted by atomic mass is 35.6. The summed E-state index contributed by atoms with van der Waals surface area (Å²) in [5.41, 5.74) is 0. The number of carbonyl (C=O) groups excluding carboxylic acids is 1. The molecule has 0 amide bonds. The van der Waals surface area contributed by atoms with E-state index in [1.807, 2.05) is 0 Å². The molecule has 1 heterocycles. The van der Waals surface area contributed by atoms with Gasteiger partial charge in [0, 0.05) is 6.42 Å². The normalized spacial score (nSPS) is 15.8. The molecule has 1 rings (SSSR count). The fourth-order valence-electron chi connectivity index (χ4n) is 1.21. The molecule has 0 aliphatic carbocycles. The zero-order valence-electron chi connectivity index (χ0n) is 9.83. The van der Waals surface area contributed by atoms with Crippen LogP contribution in [0.3, 0.4) is 0 Å². The largest absolute Gasteiger partial charge is 0.365 e. The molecule has 21 heavy (non-hydrogen) atoms. The molecule has 2 atom stereocenters. The summed E-state index contributed by atoms with van der Waals surface area (Å²) in [6.45, 7) is 0. The van der Waals surface area contributed by atoms with Gasteiger partial charge >= 0.3 is 0 Å². The molecule has 0 bridgehead atoms. The van der Waals surface area contributed by atoms with Gasteiger partial charge in [-0.05, 0) is 12.1 Å². The smallest absolute Gasteiger partial charge is 0.240 e. The number of rotatable bonds is 5. The fraction of sp³-hybridized carbons (Fsp3) is 0.500. The van der Waals surface area contributed by atoms with E-state index in [0.717, 1.165) is 11.3 Å². The van der Waals surface area contributed by atoms with E-state index < -0.39 is 20.0 Å². The Bertz CT molecular complexity index is 494. The lowest BCUT2D eigenvalue weighted by Crippen LogP contribution is -2.39. The standard InChI is InChI=1S/C10H7Cl7O3S/c11-7-2-1-5(21-7)4(18)3-6(9(12,13)14)20-8(19)10(15,16)17/h1-2,6,8,19H,3H2/t6-,8-/m0/s1. The Kier molecular flexibility index (Phi) is 7.69. The average molecular weight is 455 g/mol. The van der Waals surface area contributed by atoms with Crippen LogP contribution >= 0.6 is 92.5 Å². The molecule has 120 valence electrons. The molecule has 11 heteroatoms. The van der Waals surface area contributed by atoms with Gasteiger partial charge in [-0.1, -0.05) is 81.2 Å². The van der Waals surface area contributed by atoms with Crippen LogP contribution in [-0.2, 0) is 4.74 Å². The van der Waals surface area contributed by atoms with Crippen molar-refractivity contribution in [2.24, 2.45) is 0 Å². The van der Waals surface area contributed by atoms with Crippen molar-refractivity contribution < 1.29 is 14.6 Å². The van der Waals surface area contributed by atoms with Crippen molar-refractivity contribution in [3.05, 3.63) is 21.3 Å². The quantitative estimate of drug-likeness (QED) is 0.367. The molecule has 3 nitrogen and oxygen atoms in total. The van der Waals surface area contributed by atoms with Crippen molar-refractivity contribution in [1.82, 2.24) is 0 Å². The number of thiophene rings is 1. The molecule has 0 saturated heterocycles. The number of aliphatic hydroxyl groups excluding tert-OH is 1. The topological polar surface area (TPSA) is 46.5 Å². The Morgan fingerprint density at radius 1 is 1.19 bits per heavy atom. The van der Waals surface area contributed by atoms with Crippen LogP contribution in [0.25, 0.3) is 0 Å². The summed E-state index contributed by atoms with van der Waals surface area (Å²) in [6, 6.07) is 3.08. The molecule has 0 radical (unpaired) electrons. The third kappa shape index (κ3) is 6.76. The number of halogens is 7. The molecule has 0 saturated carbocycles. The summed E-state index contributed by atoms with van der Waals surface area (Å²) in [4.78, 5) is 12.4. The van der Waals surface area contributed by atoms with E-state index in [9.17, 15) is 9.90 Å². The van der Waals surface area contributed by atoms with E-state index in [0.29, 0.717) is 9.21 Å². The van der Waals surface area contributed by atoms with Gasteiger partial charge in [-0.2, -0.15) is 0 Å². The summed E-state index contributed by atoms with van der Waals surface area (Å²) in [5, 5.41) is 9.58. The highest BCUT2D eigenvalue weighted by Crippen LogP contribution is 2.39. The van der Waals surface area contributed by atoms with Crippen molar-refractivity contribution in [2.45, 2.75) is 26.4 Å². The van der Waals surface area contributed by atoms with Gasteiger partial charge in [0.15, 0.2) is 5.78 Å². The first-order valence-electron chi connectivity index (χ1n) is 5.16. The van der Waals surface area contributed by atoms with Crippen LogP contribution in [0.4, 0.5) is 0 Å². The number of ether oxygens (including phenoxy) is 1. The minimum atomic E-state index is -2.15. The van der Waals surface area contributed by atoms with Crippen molar-refractivity contribution in [3.63, 3.8) is 0 Å². The van der Waals surface area contributed by atoms with Gasteiger partial charge in [-0.15, -0.1) is 11.3 Å². The molecule has 0 unspecified atom stereocenters. The lowest BCUT2D eigenvalue weighted by molar-refractivity contribution is -0.130. The predicted octanol–water partition coefficient (Wildman–Crippen LogP) is 5.42. The van der Waals surface area contributed by atoms with Gasteiger partial charge in [0.05, 0.1) is 9.21 Å². The fourth-order valence-corrected chi connectivity index (χ4v) is 2.74. The molecular formula is C10H7Cl7O3S. The molecule has 0 fully saturated rings. The van der Waals surface area contributed by atoms with E-state index in [-0.39, 0.29) is 12.2 Å². The monoisotopic (exact) mass is 452 g/mol. The lowest BCUT2D eigenvalue weighted by atomic mass is 10.1. The molecule has 0 aliphatic rings. The van der Waals surface area contributed by atoms with Gasteiger partial charge in [-0.3, -0.25) is 4.79 Å². The Labute approximate surface area is 159 Å². The van der Waals surface area contributed by atoms with E-state index >= 15 is 0 Å². The van der Waals surface area contributed by atoms with Crippen LogP contribution in [0.5, 0.6) is 0 Å². The van der Waals surface area contributed by atoms with Crippen molar-refractivity contribution in [3.8, 4) is 0 Å². The maximum absolute atomic E-state index is 12.1. The zero-order chi connectivity index (χ0) is 16.4. The summed E-state index contributed by atoms with van der Waals surface area (Å²) < 4.78 is 1.27. The van der Waals surface area contributed by atoms with Gasteiger partial charge in [0.2, 0.25) is 13.9 Å². The van der Waals surface area contributed by atoms with Crippen LogP contribution in [0, 0.1) is 0 Å². The van der Waals surface area contributed by atoms with Crippen molar-refractivity contribution >= 4 is 98.3 Å². The number of aliphatic hydroxyl groups is 1. The Morgan fingerprint density at radius 3 is 2.14 bits per heavy atom. The summed E-state index contributed by atoms with van der Waals surface area (Å²) >= 11 is 40.3. The van der Waals surface area contributed by atoms with Crippen LogP contribution in [0.1, 0.15) is 16.1 Å². The van der Waals surface area contributed by atoms with Crippen LogP contribution in [0.15, 0.2) is 12.1 Å². The van der Waals surface area contributed by atoms with Gasteiger partial charge in [0.1, 0.15) is 6.10 Å². The van der Waals surface area contributed by atoms with E-state index in [4.69, 9.17) is 85.9 Å². The molecule has 1 aromatic heterocycles. The molecule has 1 aromatic rings. The average Bonchev–Trinajstić information content (AvgIpc) is 2.72. The Morgan fingerprint density at radius 2 is 1.76 bits per heavy atom. The highest BCUT2D eigenvalue weighted by molar-refractivity contribution is 7.18. The Balaban J connectivity index is 2.82. The minimum absolute atomic E-state index is 0.342. The number of carbonyl (C=O) groups is 1. The van der Waals surface area contributed by atoms with Gasteiger partial charge in [0.25, 0.3) is 0 Å². The molecule has 0 aromatic carbocycles. The van der Waals surface area contributed by atoms with Gasteiger partial charge < -0.3 is 9.84 Å². The SMILES string of the molecule is O=C(C[C@H](O[C@H](O)C(Cl)(Cl)Cl)C(Cl)(Cl)Cl)c1ccc(Cl)s1. The molecule has 1 N–H and O–H groups in total. The summed E-state index contributed by atoms with van der Waals surface area (Å²) in [7, 11) is 0. The number of ketones is 1. The maximum atomic E-state index is 12.1. The lowest BCUT2D eigenvalue weighted by Gasteiger charge is -2.29. The van der Waals surface area contributed by atoms with Crippen molar-refractivity contribution in [2.75, 3.05) is 0 Å². The van der Waals surface area contributed by atoms with Gasteiger partial charge in [-0.25, -0.2) is 0 Å². The Hall–Kier alpha value is 1.32. The first-order chi connectivity index (χ1) is 9.41. The maximum Gasteiger partial charge on any atom is 0.240 e. The third-order valence-corrected chi connectivity index (χ3v) is 4.72. The molecule has 0 aliphatic heterocycles. The van der Waals surface area contributed by atoms with Crippen LogP contribution in [-0.4, -0.2) is 30.9 Å². The first kappa shape index (κ1) is 20.4. The first-order valence-corrected chi connectivity index (χ1v) is 8.63. The third-order valence-electron chi connectivity index (χ3n) is 2.16. The van der Waals surface area contributed by atoms with Crippen LogP contribution in [0.2, 0.25) is 4.34 Å². The van der Waals surface area contributed by atoms with E-state index in [1.165, 1.54) is 6.07 Å². The second kappa shape index (κ2) is 7.93.